The standard InChI is InChI=1S/C15H26N2S/c1-10(2)12-5-4-11(3)8-14(12)17-9-15-13(16)6-7-18-15/h6-7,10-12,14,17H,4-5,8-9,16H2,1-3H3. The molecule has 1 aliphatic carbocycles. The zero-order chi connectivity index (χ0) is 13.1. The third kappa shape index (κ3) is 3.27. The summed E-state index contributed by atoms with van der Waals surface area (Å²) in [5.74, 6) is 2.45. The second-order valence-electron chi connectivity index (χ2n) is 6.11. The molecule has 102 valence electrons. The van der Waals surface area contributed by atoms with Crippen LogP contribution < -0.4 is 11.1 Å². The first-order chi connectivity index (χ1) is 8.58. The van der Waals surface area contributed by atoms with E-state index in [1.807, 2.05) is 6.07 Å². The zero-order valence-corrected chi connectivity index (χ0v) is 12.6. The highest BCUT2D eigenvalue weighted by Crippen LogP contribution is 2.33. The number of thiophene rings is 1. The van der Waals surface area contributed by atoms with Crippen molar-refractivity contribution in [3.63, 3.8) is 0 Å². The number of hydrogen-bond acceptors (Lipinski definition) is 3. The van der Waals surface area contributed by atoms with Crippen LogP contribution in [0.3, 0.4) is 0 Å². The Labute approximate surface area is 115 Å². The van der Waals surface area contributed by atoms with E-state index < -0.39 is 0 Å². The van der Waals surface area contributed by atoms with Crippen molar-refractivity contribution in [2.24, 2.45) is 17.8 Å². The molecule has 0 saturated heterocycles. The maximum Gasteiger partial charge on any atom is 0.0468 e. The topological polar surface area (TPSA) is 38.0 Å². The Hall–Kier alpha value is -0.540. The van der Waals surface area contributed by atoms with Crippen molar-refractivity contribution in [2.45, 2.75) is 52.6 Å². The van der Waals surface area contributed by atoms with Crippen molar-refractivity contribution in [3.05, 3.63) is 16.3 Å². The van der Waals surface area contributed by atoms with E-state index in [9.17, 15) is 0 Å². The van der Waals surface area contributed by atoms with Gasteiger partial charge in [-0.25, -0.2) is 0 Å². The second kappa shape index (κ2) is 6.07. The summed E-state index contributed by atoms with van der Waals surface area (Å²) < 4.78 is 0. The summed E-state index contributed by atoms with van der Waals surface area (Å²) in [5.41, 5.74) is 6.89. The van der Waals surface area contributed by atoms with Crippen LogP contribution in [0.1, 0.15) is 44.9 Å². The summed E-state index contributed by atoms with van der Waals surface area (Å²) in [5, 5.41) is 5.84. The molecule has 0 spiro atoms. The van der Waals surface area contributed by atoms with Crippen LogP contribution in [0, 0.1) is 17.8 Å². The van der Waals surface area contributed by atoms with E-state index in [4.69, 9.17) is 5.73 Å². The molecule has 3 heteroatoms. The van der Waals surface area contributed by atoms with Crippen LogP contribution in [-0.2, 0) is 6.54 Å². The van der Waals surface area contributed by atoms with Crippen LogP contribution in [0.15, 0.2) is 11.4 Å². The fourth-order valence-electron chi connectivity index (χ4n) is 3.15. The number of rotatable bonds is 4. The Bertz CT molecular complexity index is 372. The zero-order valence-electron chi connectivity index (χ0n) is 11.8. The van der Waals surface area contributed by atoms with Crippen molar-refractivity contribution < 1.29 is 0 Å². The summed E-state index contributed by atoms with van der Waals surface area (Å²) in [7, 11) is 0. The van der Waals surface area contributed by atoms with Gasteiger partial charge in [0.25, 0.3) is 0 Å². The SMILES string of the molecule is CC1CCC(C(C)C)C(NCc2sccc2N)C1. The molecule has 3 unspecified atom stereocenters. The minimum atomic E-state index is 0.662. The highest BCUT2D eigenvalue weighted by atomic mass is 32.1. The molecule has 3 atom stereocenters. The Morgan fingerprint density at radius 1 is 1.44 bits per heavy atom. The maximum absolute atomic E-state index is 5.95. The van der Waals surface area contributed by atoms with Gasteiger partial charge in [-0.1, -0.05) is 27.2 Å². The number of nitrogens with one attached hydrogen (secondary N) is 1. The molecule has 2 nitrogen and oxygen atoms in total. The highest BCUT2D eigenvalue weighted by Gasteiger charge is 2.30. The lowest BCUT2D eigenvalue weighted by Gasteiger charge is -2.38. The van der Waals surface area contributed by atoms with Crippen molar-refractivity contribution in [1.29, 1.82) is 0 Å². The molecule has 2 rings (SSSR count). The molecule has 0 amide bonds. The quantitative estimate of drug-likeness (QED) is 0.868. The fourth-order valence-corrected chi connectivity index (χ4v) is 3.90. The average Bonchev–Trinajstić information content (AvgIpc) is 2.72. The molecule has 1 heterocycles. The molecule has 1 saturated carbocycles. The van der Waals surface area contributed by atoms with Gasteiger partial charge in [-0.2, -0.15) is 0 Å². The van der Waals surface area contributed by atoms with E-state index >= 15 is 0 Å². The van der Waals surface area contributed by atoms with Crippen LogP contribution in [0.4, 0.5) is 5.69 Å². The van der Waals surface area contributed by atoms with E-state index in [1.165, 1.54) is 24.1 Å². The first-order valence-corrected chi connectivity index (χ1v) is 8.01. The number of nitrogen functional groups attached to an aromatic ring is 1. The molecule has 1 fully saturated rings. The van der Waals surface area contributed by atoms with E-state index in [1.54, 1.807) is 11.3 Å². The maximum atomic E-state index is 5.95. The molecule has 3 N–H and O–H groups in total. The summed E-state index contributed by atoms with van der Waals surface area (Å²) in [6, 6.07) is 2.67. The van der Waals surface area contributed by atoms with Crippen molar-refractivity contribution >= 4 is 17.0 Å². The van der Waals surface area contributed by atoms with Crippen molar-refractivity contribution in [1.82, 2.24) is 5.32 Å². The Morgan fingerprint density at radius 2 is 2.22 bits per heavy atom. The molecule has 18 heavy (non-hydrogen) atoms. The summed E-state index contributed by atoms with van der Waals surface area (Å²) in [6.45, 7) is 8.03. The van der Waals surface area contributed by atoms with E-state index in [0.29, 0.717) is 6.04 Å². The van der Waals surface area contributed by atoms with Gasteiger partial charge in [-0.15, -0.1) is 11.3 Å². The monoisotopic (exact) mass is 266 g/mol. The van der Waals surface area contributed by atoms with Gasteiger partial charge < -0.3 is 11.1 Å². The first kappa shape index (κ1) is 13.9. The Balaban J connectivity index is 1.94. The highest BCUT2D eigenvalue weighted by molar-refractivity contribution is 7.10. The molecular formula is C15H26N2S. The lowest BCUT2D eigenvalue weighted by atomic mass is 9.74. The van der Waals surface area contributed by atoms with Gasteiger partial charge in [0.1, 0.15) is 0 Å². The van der Waals surface area contributed by atoms with Gasteiger partial charge in [-0.05, 0) is 42.0 Å². The van der Waals surface area contributed by atoms with Gasteiger partial charge in [0.05, 0.1) is 0 Å². The average molecular weight is 266 g/mol. The molecule has 0 aromatic carbocycles. The number of hydrogen-bond donors (Lipinski definition) is 2. The molecule has 0 radical (unpaired) electrons. The predicted molar refractivity (Wildman–Crippen MR) is 80.7 cm³/mol. The predicted octanol–water partition coefficient (Wildman–Crippen LogP) is 3.88. The second-order valence-corrected chi connectivity index (χ2v) is 7.11. The van der Waals surface area contributed by atoms with Crippen LogP contribution in [0.25, 0.3) is 0 Å². The summed E-state index contributed by atoms with van der Waals surface area (Å²) in [6.07, 6.45) is 4.08. The van der Waals surface area contributed by atoms with Gasteiger partial charge >= 0.3 is 0 Å². The lowest BCUT2D eigenvalue weighted by molar-refractivity contribution is 0.169. The summed E-state index contributed by atoms with van der Waals surface area (Å²) >= 11 is 1.76. The summed E-state index contributed by atoms with van der Waals surface area (Å²) in [4.78, 5) is 1.29. The molecule has 1 aliphatic rings. The van der Waals surface area contributed by atoms with Gasteiger partial charge in [0.15, 0.2) is 0 Å². The third-order valence-corrected chi connectivity index (χ3v) is 5.26. The Kier molecular flexibility index (Phi) is 4.68. The fraction of sp³-hybridized carbons (Fsp3) is 0.733. The van der Waals surface area contributed by atoms with E-state index in [2.05, 4.69) is 31.5 Å². The van der Waals surface area contributed by atoms with Gasteiger partial charge in [0.2, 0.25) is 0 Å². The van der Waals surface area contributed by atoms with E-state index in [-0.39, 0.29) is 0 Å². The van der Waals surface area contributed by atoms with Crippen LogP contribution in [-0.4, -0.2) is 6.04 Å². The molecule has 0 aliphatic heterocycles. The molecule has 0 bridgehead atoms. The normalized spacial score (nSPS) is 28.8. The minimum absolute atomic E-state index is 0.662. The van der Waals surface area contributed by atoms with Gasteiger partial charge in [0, 0.05) is 23.2 Å². The molecule has 1 aromatic heterocycles. The molecular weight excluding hydrogens is 240 g/mol. The lowest BCUT2D eigenvalue weighted by Crippen LogP contribution is -2.42. The van der Waals surface area contributed by atoms with Crippen LogP contribution in [0.5, 0.6) is 0 Å². The van der Waals surface area contributed by atoms with Gasteiger partial charge in [-0.3, -0.25) is 0 Å². The van der Waals surface area contributed by atoms with Crippen molar-refractivity contribution in [3.8, 4) is 0 Å². The van der Waals surface area contributed by atoms with E-state index in [0.717, 1.165) is 30.0 Å². The molecule has 1 aromatic rings. The van der Waals surface area contributed by atoms with Crippen LogP contribution >= 0.6 is 11.3 Å². The third-order valence-electron chi connectivity index (χ3n) is 4.33. The van der Waals surface area contributed by atoms with Crippen LogP contribution in [0.2, 0.25) is 0 Å². The largest absolute Gasteiger partial charge is 0.398 e. The smallest absolute Gasteiger partial charge is 0.0468 e. The minimum Gasteiger partial charge on any atom is -0.398 e. The first-order valence-electron chi connectivity index (χ1n) is 7.13. The Morgan fingerprint density at radius 3 is 2.83 bits per heavy atom. The number of anilines is 1. The number of nitrogens with two attached hydrogens (primary N) is 1. The van der Waals surface area contributed by atoms with Crippen molar-refractivity contribution in [2.75, 3.05) is 5.73 Å².